The lowest BCUT2D eigenvalue weighted by molar-refractivity contribution is 0.0292. The third kappa shape index (κ3) is 3.12. The topological polar surface area (TPSA) is 43.8 Å². The number of hydrogen-bond donors (Lipinski definition) is 1. The molecule has 2 aliphatic rings. The van der Waals surface area contributed by atoms with Crippen LogP contribution in [0.4, 0.5) is 4.79 Å². The minimum Gasteiger partial charge on any atom is -0.393 e. The van der Waals surface area contributed by atoms with Crippen molar-refractivity contribution in [1.29, 1.82) is 0 Å². The molecular formula is C13H24N2O2. The smallest absolute Gasteiger partial charge is 0.319 e. The standard InChI is InChI=1S/C13H24N2O2/c1-10-4-3-5-15(8-10)13(17)14(2)9-11-6-12(16)7-11/h10-12,16H,3-9H2,1-2H3. The van der Waals surface area contributed by atoms with E-state index in [0.29, 0.717) is 11.8 Å². The zero-order chi connectivity index (χ0) is 12.4. The van der Waals surface area contributed by atoms with Gasteiger partial charge in [0.2, 0.25) is 0 Å². The number of likely N-dealkylation sites (tertiary alicyclic amines) is 1. The number of piperidine rings is 1. The minimum absolute atomic E-state index is 0.126. The number of aliphatic hydroxyl groups is 1. The maximum absolute atomic E-state index is 12.2. The van der Waals surface area contributed by atoms with Crippen molar-refractivity contribution in [3.8, 4) is 0 Å². The first kappa shape index (κ1) is 12.7. The molecule has 98 valence electrons. The molecule has 0 aromatic heterocycles. The normalized spacial score (nSPS) is 33.1. The van der Waals surface area contributed by atoms with Gasteiger partial charge >= 0.3 is 6.03 Å². The fourth-order valence-electron chi connectivity index (χ4n) is 2.92. The maximum atomic E-state index is 12.2. The highest BCUT2D eigenvalue weighted by Gasteiger charge is 2.30. The summed E-state index contributed by atoms with van der Waals surface area (Å²) in [5.41, 5.74) is 0. The van der Waals surface area contributed by atoms with E-state index in [1.54, 1.807) is 0 Å². The predicted molar refractivity (Wildman–Crippen MR) is 66.7 cm³/mol. The molecule has 4 nitrogen and oxygen atoms in total. The summed E-state index contributed by atoms with van der Waals surface area (Å²) in [6.07, 6.45) is 3.95. The summed E-state index contributed by atoms with van der Waals surface area (Å²) in [5, 5.41) is 9.24. The highest BCUT2D eigenvalue weighted by molar-refractivity contribution is 5.74. The molecule has 0 aromatic rings. The second-order valence-corrected chi connectivity index (χ2v) is 5.85. The van der Waals surface area contributed by atoms with E-state index in [1.165, 1.54) is 6.42 Å². The molecule has 2 fully saturated rings. The summed E-state index contributed by atoms with van der Waals surface area (Å²) in [6, 6.07) is 0.165. The number of nitrogens with zero attached hydrogens (tertiary/aromatic N) is 2. The molecule has 4 heteroatoms. The maximum Gasteiger partial charge on any atom is 0.319 e. The minimum atomic E-state index is -0.126. The molecular weight excluding hydrogens is 216 g/mol. The van der Waals surface area contributed by atoms with Crippen molar-refractivity contribution in [2.24, 2.45) is 11.8 Å². The number of carbonyl (C=O) groups excluding carboxylic acids is 1. The van der Waals surface area contributed by atoms with Crippen molar-refractivity contribution in [1.82, 2.24) is 9.80 Å². The monoisotopic (exact) mass is 240 g/mol. The molecule has 0 aromatic carbocycles. The van der Waals surface area contributed by atoms with Gasteiger partial charge in [-0.15, -0.1) is 0 Å². The second-order valence-electron chi connectivity index (χ2n) is 5.85. The van der Waals surface area contributed by atoms with Crippen LogP contribution < -0.4 is 0 Å². The summed E-state index contributed by atoms with van der Waals surface area (Å²) >= 11 is 0. The van der Waals surface area contributed by atoms with E-state index in [2.05, 4.69) is 6.92 Å². The van der Waals surface area contributed by atoms with Crippen LogP contribution in [0.15, 0.2) is 0 Å². The first-order chi connectivity index (χ1) is 8.06. The van der Waals surface area contributed by atoms with Gasteiger partial charge in [-0.1, -0.05) is 6.92 Å². The Hall–Kier alpha value is -0.770. The lowest BCUT2D eigenvalue weighted by atomic mass is 9.82. The number of hydrogen-bond acceptors (Lipinski definition) is 2. The SMILES string of the molecule is CC1CCCN(C(=O)N(C)CC2CC(O)C2)C1. The van der Waals surface area contributed by atoms with E-state index in [-0.39, 0.29) is 12.1 Å². The Labute approximate surface area is 104 Å². The summed E-state index contributed by atoms with van der Waals surface area (Å²) < 4.78 is 0. The molecule has 2 amide bonds. The summed E-state index contributed by atoms with van der Waals surface area (Å²) in [6.45, 7) is 4.81. The second kappa shape index (κ2) is 5.25. The Bertz CT molecular complexity index is 277. The molecule has 1 aliphatic carbocycles. The van der Waals surface area contributed by atoms with Gasteiger partial charge in [-0.05, 0) is 37.5 Å². The van der Waals surface area contributed by atoms with Crippen LogP contribution in [0.25, 0.3) is 0 Å². The van der Waals surface area contributed by atoms with Gasteiger partial charge in [0, 0.05) is 26.7 Å². The van der Waals surface area contributed by atoms with Crippen molar-refractivity contribution in [3.05, 3.63) is 0 Å². The zero-order valence-electron chi connectivity index (χ0n) is 10.9. The van der Waals surface area contributed by atoms with Crippen LogP contribution >= 0.6 is 0 Å². The van der Waals surface area contributed by atoms with Gasteiger partial charge in [0.25, 0.3) is 0 Å². The molecule has 1 N–H and O–H groups in total. The molecule has 0 spiro atoms. The molecule has 17 heavy (non-hydrogen) atoms. The van der Waals surface area contributed by atoms with E-state index in [4.69, 9.17) is 0 Å². The van der Waals surface area contributed by atoms with Gasteiger partial charge in [0.05, 0.1) is 6.10 Å². The predicted octanol–water partition coefficient (Wildman–Crippen LogP) is 1.54. The van der Waals surface area contributed by atoms with Crippen molar-refractivity contribution in [3.63, 3.8) is 0 Å². The van der Waals surface area contributed by atoms with Gasteiger partial charge in [-0.25, -0.2) is 4.79 Å². The third-order valence-electron chi connectivity index (χ3n) is 4.00. The van der Waals surface area contributed by atoms with Gasteiger partial charge < -0.3 is 14.9 Å². The molecule has 1 saturated heterocycles. The van der Waals surface area contributed by atoms with Crippen LogP contribution in [-0.2, 0) is 0 Å². The average Bonchev–Trinajstić information content (AvgIpc) is 2.26. The van der Waals surface area contributed by atoms with Crippen molar-refractivity contribution < 1.29 is 9.90 Å². The molecule has 2 rings (SSSR count). The Kier molecular flexibility index (Phi) is 3.92. The Morgan fingerprint density at radius 2 is 2.18 bits per heavy atom. The molecule has 1 heterocycles. The van der Waals surface area contributed by atoms with Gasteiger partial charge in [0.1, 0.15) is 0 Å². The number of urea groups is 1. The van der Waals surface area contributed by atoms with E-state index in [0.717, 1.165) is 38.9 Å². The lowest BCUT2D eigenvalue weighted by Gasteiger charge is -2.38. The van der Waals surface area contributed by atoms with E-state index in [9.17, 15) is 9.90 Å². The van der Waals surface area contributed by atoms with E-state index in [1.807, 2.05) is 16.8 Å². The summed E-state index contributed by atoms with van der Waals surface area (Å²) in [5.74, 6) is 1.13. The quantitative estimate of drug-likeness (QED) is 0.795. The molecule has 1 atom stereocenters. The van der Waals surface area contributed by atoms with Crippen LogP contribution in [0.5, 0.6) is 0 Å². The highest BCUT2D eigenvalue weighted by atomic mass is 16.3. The van der Waals surface area contributed by atoms with Gasteiger partial charge in [0.15, 0.2) is 0 Å². The Morgan fingerprint density at radius 1 is 1.47 bits per heavy atom. The van der Waals surface area contributed by atoms with Crippen LogP contribution in [0, 0.1) is 11.8 Å². The van der Waals surface area contributed by atoms with Crippen molar-refractivity contribution >= 4 is 6.03 Å². The van der Waals surface area contributed by atoms with Gasteiger partial charge in [-0.3, -0.25) is 0 Å². The number of aliphatic hydroxyl groups excluding tert-OH is 1. The highest BCUT2D eigenvalue weighted by Crippen LogP contribution is 2.28. The van der Waals surface area contributed by atoms with Crippen LogP contribution in [0.2, 0.25) is 0 Å². The first-order valence-electron chi connectivity index (χ1n) is 6.74. The number of amides is 2. The molecule has 1 saturated carbocycles. The largest absolute Gasteiger partial charge is 0.393 e. The molecule has 1 aliphatic heterocycles. The van der Waals surface area contributed by atoms with Crippen molar-refractivity contribution in [2.45, 2.75) is 38.7 Å². The molecule has 1 unspecified atom stereocenters. The van der Waals surface area contributed by atoms with Crippen LogP contribution in [-0.4, -0.2) is 53.7 Å². The third-order valence-corrected chi connectivity index (χ3v) is 4.00. The fourth-order valence-corrected chi connectivity index (χ4v) is 2.92. The zero-order valence-corrected chi connectivity index (χ0v) is 10.9. The fraction of sp³-hybridized carbons (Fsp3) is 0.923. The Balaban J connectivity index is 1.77. The first-order valence-corrected chi connectivity index (χ1v) is 6.74. The average molecular weight is 240 g/mol. The Morgan fingerprint density at radius 3 is 2.76 bits per heavy atom. The van der Waals surface area contributed by atoms with E-state index >= 15 is 0 Å². The van der Waals surface area contributed by atoms with Crippen molar-refractivity contribution in [2.75, 3.05) is 26.7 Å². The van der Waals surface area contributed by atoms with Crippen LogP contribution in [0.3, 0.4) is 0 Å². The van der Waals surface area contributed by atoms with Crippen LogP contribution in [0.1, 0.15) is 32.6 Å². The molecule has 0 radical (unpaired) electrons. The van der Waals surface area contributed by atoms with Gasteiger partial charge in [-0.2, -0.15) is 0 Å². The van der Waals surface area contributed by atoms with E-state index < -0.39 is 0 Å². The number of rotatable bonds is 2. The molecule has 0 bridgehead atoms. The lowest BCUT2D eigenvalue weighted by Crippen LogP contribution is -2.48. The summed E-state index contributed by atoms with van der Waals surface area (Å²) in [4.78, 5) is 16.0. The number of carbonyl (C=O) groups is 1. The summed E-state index contributed by atoms with van der Waals surface area (Å²) in [7, 11) is 1.88.